The third-order valence-electron chi connectivity index (χ3n) is 3.97. The van der Waals surface area contributed by atoms with Crippen LogP contribution in [0.2, 0.25) is 5.02 Å². The van der Waals surface area contributed by atoms with E-state index in [0.29, 0.717) is 30.2 Å². The van der Waals surface area contributed by atoms with E-state index in [9.17, 15) is 9.59 Å². The van der Waals surface area contributed by atoms with E-state index in [2.05, 4.69) is 15.6 Å². The van der Waals surface area contributed by atoms with Gasteiger partial charge in [-0.1, -0.05) is 60.1 Å². The van der Waals surface area contributed by atoms with E-state index in [4.69, 9.17) is 11.6 Å². The van der Waals surface area contributed by atoms with Crippen molar-refractivity contribution in [1.29, 1.82) is 0 Å². The molecule has 1 aromatic heterocycles. The van der Waals surface area contributed by atoms with Crippen molar-refractivity contribution in [3.8, 4) is 10.6 Å². The molecule has 2 N–H and O–H groups in total. The minimum Gasteiger partial charge on any atom is -0.354 e. The summed E-state index contributed by atoms with van der Waals surface area (Å²) in [6.07, 6.45) is 0.525. The van der Waals surface area contributed by atoms with E-state index in [1.54, 1.807) is 0 Å². The summed E-state index contributed by atoms with van der Waals surface area (Å²) < 4.78 is 0. The number of aromatic nitrogens is 1. The Morgan fingerprint density at radius 3 is 2.25 bits per heavy atom. The first-order chi connectivity index (χ1) is 13.6. The average molecular weight is 414 g/mol. The highest BCUT2D eigenvalue weighted by atomic mass is 35.5. The number of amides is 2. The number of hydrogen-bond acceptors (Lipinski definition) is 4. The van der Waals surface area contributed by atoms with Crippen molar-refractivity contribution >= 4 is 34.8 Å². The molecule has 0 saturated heterocycles. The molecular weight excluding hydrogens is 394 g/mol. The molecule has 144 valence electrons. The minimum absolute atomic E-state index is 0.0654. The molecule has 3 rings (SSSR count). The van der Waals surface area contributed by atoms with E-state index in [1.165, 1.54) is 11.3 Å². The molecule has 0 spiro atoms. The van der Waals surface area contributed by atoms with Crippen molar-refractivity contribution in [2.75, 3.05) is 13.1 Å². The zero-order valence-corrected chi connectivity index (χ0v) is 16.7. The van der Waals surface area contributed by atoms with Crippen LogP contribution in [0.1, 0.15) is 11.3 Å². The van der Waals surface area contributed by atoms with Gasteiger partial charge < -0.3 is 10.6 Å². The molecule has 1 heterocycles. The lowest BCUT2D eigenvalue weighted by molar-refractivity contribution is -0.122. The van der Waals surface area contributed by atoms with E-state index < -0.39 is 0 Å². The van der Waals surface area contributed by atoms with Crippen molar-refractivity contribution in [3.63, 3.8) is 0 Å². The Balaban J connectivity index is 1.39. The lowest BCUT2D eigenvalue weighted by atomic mass is 10.1. The molecule has 0 saturated carbocycles. The van der Waals surface area contributed by atoms with Crippen LogP contribution >= 0.6 is 22.9 Å². The van der Waals surface area contributed by atoms with Gasteiger partial charge in [-0.3, -0.25) is 9.59 Å². The highest BCUT2D eigenvalue weighted by molar-refractivity contribution is 7.13. The molecule has 0 unspecified atom stereocenters. The summed E-state index contributed by atoms with van der Waals surface area (Å²) in [6.45, 7) is 0.764. The molecule has 2 aromatic carbocycles. The van der Waals surface area contributed by atoms with Gasteiger partial charge in [-0.15, -0.1) is 11.3 Å². The number of thiazole rings is 1. The van der Waals surface area contributed by atoms with Crippen molar-refractivity contribution in [1.82, 2.24) is 15.6 Å². The third-order valence-corrected chi connectivity index (χ3v) is 5.23. The largest absolute Gasteiger partial charge is 0.354 e. The molecule has 0 aliphatic rings. The highest BCUT2D eigenvalue weighted by Gasteiger charge is 2.11. The summed E-state index contributed by atoms with van der Waals surface area (Å²) in [5, 5.41) is 8.89. The zero-order chi connectivity index (χ0) is 19.8. The van der Waals surface area contributed by atoms with Crippen LogP contribution in [0.3, 0.4) is 0 Å². The molecule has 0 bridgehead atoms. The fraction of sp³-hybridized carbons (Fsp3) is 0.190. The number of rotatable bonds is 8. The van der Waals surface area contributed by atoms with E-state index in [1.807, 2.05) is 60.0 Å². The van der Waals surface area contributed by atoms with E-state index in [-0.39, 0.29) is 18.2 Å². The van der Waals surface area contributed by atoms with Gasteiger partial charge in [-0.25, -0.2) is 4.98 Å². The molecule has 0 aliphatic heterocycles. The van der Waals surface area contributed by atoms with Crippen LogP contribution in [0.15, 0.2) is 60.0 Å². The number of carbonyl (C=O) groups is 2. The van der Waals surface area contributed by atoms with Crippen molar-refractivity contribution in [2.45, 2.75) is 12.8 Å². The Labute approximate surface area is 172 Å². The lowest BCUT2D eigenvalue weighted by Crippen LogP contribution is -2.35. The third kappa shape index (κ3) is 5.90. The van der Waals surface area contributed by atoms with Gasteiger partial charge in [0, 0.05) is 24.0 Å². The second kappa shape index (κ2) is 10.0. The Morgan fingerprint density at radius 1 is 0.893 bits per heavy atom. The van der Waals surface area contributed by atoms with Gasteiger partial charge in [-0.05, 0) is 11.6 Å². The first-order valence-electron chi connectivity index (χ1n) is 8.88. The van der Waals surface area contributed by atoms with Gasteiger partial charge >= 0.3 is 0 Å². The van der Waals surface area contributed by atoms with Crippen LogP contribution < -0.4 is 10.6 Å². The normalized spacial score (nSPS) is 10.5. The second-order valence-corrected chi connectivity index (χ2v) is 7.43. The molecule has 0 aliphatic carbocycles. The maximum absolute atomic E-state index is 12.1. The molecule has 7 heteroatoms. The lowest BCUT2D eigenvalue weighted by Gasteiger charge is -2.07. The molecule has 2 amide bonds. The zero-order valence-electron chi connectivity index (χ0n) is 15.2. The topological polar surface area (TPSA) is 71.1 Å². The van der Waals surface area contributed by atoms with Crippen LogP contribution in [0.4, 0.5) is 0 Å². The van der Waals surface area contributed by atoms with Crippen molar-refractivity contribution in [2.24, 2.45) is 0 Å². The van der Waals surface area contributed by atoms with Gasteiger partial charge in [0.05, 0.1) is 23.6 Å². The molecule has 3 aromatic rings. The number of nitrogens with one attached hydrogen (secondary N) is 2. The smallest absolute Gasteiger partial charge is 0.226 e. The second-order valence-electron chi connectivity index (χ2n) is 6.16. The highest BCUT2D eigenvalue weighted by Crippen LogP contribution is 2.30. The van der Waals surface area contributed by atoms with Gasteiger partial charge in [0.1, 0.15) is 5.01 Å². The first kappa shape index (κ1) is 20.0. The number of carbonyl (C=O) groups excluding carboxylic acids is 2. The van der Waals surface area contributed by atoms with Gasteiger partial charge in [0.2, 0.25) is 11.8 Å². The SMILES string of the molecule is O=C(Cc1ccccc1)NCCNC(=O)Cc1csc(-c2ccccc2Cl)n1. The summed E-state index contributed by atoms with van der Waals surface area (Å²) in [6, 6.07) is 17.0. The van der Waals surface area contributed by atoms with Crippen LogP contribution in [0, 0.1) is 0 Å². The minimum atomic E-state index is -0.131. The fourth-order valence-electron chi connectivity index (χ4n) is 2.62. The van der Waals surface area contributed by atoms with Crippen LogP contribution in [0.25, 0.3) is 10.6 Å². The number of halogens is 1. The summed E-state index contributed by atoms with van der Waals surface area (Å²) >= 11 is 7.65. The quantitative estimate of drug-likeness (QED) is 0.555. The first-order valence-corrected chi connectivity index (χ1v) is 10.1. The molecule has 5 nitrogen and oxygen atoms in total. The Hall–Kier alpha value is -2.70. The van der Waals surface area contributed by atoms with E-state index in [0.717, 1.165) is 16.1 Å². The average Bonchev–Trinajstić information content (AvgIpc) is 3.14. The summed E-state index contributed by atoms with van der Waals surface area (Å²) in [5.74, 6) is -0.197. The summed E-state index contributed by atoms with van der Waals surface area (Å²) in [7, 11) is 0. The van der Waals surface area contributed by atoms with Crippen LogP contribution in [-0.2, 0) is 22.4 Å². The van der Waals surface area contributed by atoms with Crippen molar-refractivity contribution in [3.05, 3.63) is 76.3 Å². The molecule has 0 fully saturated rings. The molecule has 0 atom stereocenters. The number of hydrogen-bond donors (Lipinski definition) is 2. The fourth-order valence-corrected chi connectivity index (χ4v) is 3.76. The maximum atomic E-state index is 12.1. The molecule has 28 heavy (non-hydrogen) atoms. The predicted molar refractivity (Wildman–Crippen MR) is 112 cm³/mol. The van der Waals surface area contributed by atoms with Gasteiger partial charge in [-0.2, -0.15) is 0 Å². The Kier molecular flexibility index (Phi) is 7.17. The number of nitrogens with zero attached hydrogens (tertiary/aromatic N) is 1. The van der Waals surface area contributed by atoms with Crippen LogP contribution in [-0.4, -0.2) is 29.9 Å². The summed E-state index contributed by atoms with van der Waals surface area (Å²) in [4.78, 5) is 28.4. The standard InChI is InChI=1S/C21H20ClN3O2S/c22-18-9-5-4-8-17(18)21-25-16(14-28-21)13-20(27)24-11-10-23-19(26)12-15-6-2-1-3-7-15/h1-9,14H,10-13H2,(H,23,26)(H,24,27). The number of benzene rings is 2. The predicted octanol–water partition coefficient (Wildman–Crippen LogP) is 3.48. The van der Waals surface area contributed by atoms with Crippen molar-refractivity contribution < 1.29 is 9.59 Å². The maximum Gasteiger partial charge on any atom is 0.226 e. The Bertz CT molecular complexity index is 944. The van der Waals surface area contributed by atoms with Crippen LogP contribution in [0.5, 0.6) is 0 Å². The monoisotopic (exact) mass is 413 g/mol. The van der Waals surface area contributed by atoms with Gasteiger partial charge in [0.15, 0.2) is 0 Å². The summed E-state index contributed by atoms with van der Waals surface area (Å²) in [5.41, 5.74) is 2.52. The Morgan fingerprint density at radius 2 is 1.54 bits per heavy atom. The molecule has 0 radical (unpaired) electrons. The molecular formula is C21H20ClN3O2S. The van der Waals surface area contributed by atoms with Gasteiger partial charge in [0.25, 0.3) is 0 Å². The van der Waals surface area contributed by atoms with E-state index >= 15 is 0 Å².